The molecular weight excluding hydrogens is 334 g/mol. The van der Waals surface area contributed by atoms with E-state index < -0.39 is 5.97 Å². The van der Waals surface area contributed by atoms with Crippen LogP contribution in [0.15, 0.2) is 65.3 Å². The normalized spacial score (nSPS) is 10.7. The van der Waals surface area contributed by atoms with Gasteiger partial charge in [-0.05, 0) is 53.7 Å². The van der Waals surface area contributed by atoms with Crippen molar-refractivity contribution >= 4 is 5.97 Å². The lowest BCUT2D eigenvalue weighted by atomic mass is 10.2. The van der Waals surface area contributed by atoms with E-state index in [9.17, 15) is 4.79 Å². The zero-order valence-electron chi connectivity index (χ0n) is 13.7. The number of carbonyl (C=O) groups excluding carboxylic acids is 1. The highest BCUT2D eigenvalue weighted by Crippen LogP contribution is 2.23. The van der Waals surface area contributed by atoms with Gasteiger partial charge < -0.3 is 9.15 Å². The summed E-state index contributed by atoms with van der Waals surface area (Å²) in [5.41, 5.74) is 1.69. The first-order valence-electron chi connectivity index (χ1n) is 7.79. The first kappa shape index (κ1) is 15.7. The summed E-state index contributed by atoms with van der Waals surface area (Å²) in [4.78, 5) is 16.7. The van der Waals surface area contributed by atoms with Crippen molar-refractivity contribution in [2.75, 3.05) is 0 Å². The molecule has 0 unspecified atom stereocenters. The van der Waals surface area contributed by atoms with Gasteiger partial charge >= 0.3 is 5.97 Å². The number of aromatic nitrogens is 5. The Bertz CT molecular complexity index is 1020. The predicted octanol–water partition coefficient (Wildman–Crippen LogP) is 2.84. The molecule has 4 rings (SSSR count). The summed E-state index contributed by atoms with van der Waals surface area (Å²) >= 11 is 0. The number of aryl methyl sites for hydroxylation is 1. The van der Waals surface area contributed by atoms with Crippen molar-refractivity contribution in [3.63, 3.8) is 0 Å². The highest BCUT2D eigenvalue weighted by molar-refractivity contribution is 5.90. The second-order valence-corrected chi connectivity index (χ2v) is 5.43. The number of benzene rings is 2. The van der Waals surface area contributed by atoms with Crippen molar-refractivity contribution in [2.45, 2.75) is 6.92 Å². The Morgan fingerprint density at radius 3 is 2.54 bits per heavy atom. The molecule has 2 heterocycles. The van der Waals surface area contributed by atoms with Gasteiger partial charge in [0, 0.05) is 5.56 Å². The molecule has 0 bridgehead atoms. The summed E-state index contributed by atoms with van der Waals surface area (Å²) in [5, 5.41) is 10.9. The summed E-state index contributed by atoms with van der Waals surface area (Å²) < 4.78 is 12.5. The van der Waals surface area contributed by atoms with Crippen LogP contribution in [0.2, 0.25) is 0 Å². The highest BCUT2D eigenvalue weighted by Gasteiger charge is 2.20. The van der Waals surface area contributed by atoms with Crippen LogP contribution in [0.4, 0.5) is 0 Å². The van der Waals surface area contributed by atoms with Gasteiger partial charge in [-0.25, -0.2) is 14.5 Å². The van der Waals surface area contributed by atoms with Gasteiger partial charge in [-0.1, -0.05) is 18.2 Å². The Labute approximate surface area is 148 Å². The van der Waals surface area contributed by atoms with Crippen LogP contribution in [0.25, 0.3) is 17.1 Å². The minimum Gasteiger partial charge on any atom is -0.441 e. The third kappa shape index (κ3) is 3.07. The smallest absolute Gasteiger partial charge is 0.366 e. The molecule has 0 N–H and O–H groups in total. The van der Waals surface area contributed by atoms with Gasteiger partial charge in [0.25, 0.3) is 0 Å². The Hall–Kier alpha value is -3.81. The molecule has 0 saturated heterocycles. The topological polar surface area (TPSA) is 95.9 Å². The molecule has 8 heteroatoms. The van der Waals surface area contributed by atoms with Crippen molar-refractivity contribution in [2.24, 2.45) is 0 Å². The number of oxazole rings is 1. The molecule has 8 nitrogen and oxygen atoms in total. The van der Waals surface area contributed by atoms with Gasteiger partial charge in [0.15, 0.2) is 5.69 Å². The zero-order valence-corrected chi connectivity index (χ0v) is 13.7. The van der Waals surface area contributed by atoms with Crippen LogP contribution in [0.1, 0.15) is 16.2 Å². The second-order valence-electron chi connectivity index (χ2n) is 5.43. The second kappa shape index (κ2) is 6.60. The molecule has 0 radical (unpaired) electrons. The summed E-state index contributed by atoms with van der Waals surface area (Å²) in [7, 11) is 0. The molecule has 0 atom stereocenters. The molecule has 26 heavy (non-hydrogen) atoms. The zero-order chi connectivity index (χ0) is 17.9. The third-order valence-corrected chi connectivity index (χ3v) is 3.67. The number of esters is 1. The molecule has 0 saturated carbocycles. The van der Waals surface area contributed by atoms with Crippen LogP contribution in [0.3, 0.4) is 0 Å². The summed E-state index contributed by atoms with van der Waals surface area (Å²) in [6, 6.07) is 16.2. The van der Waals surface area contributed by atoms with Crippen LogP contribution < -0.4 is 4.74 Å². The standard InChI is InChI=1S/C18H13N5O3/c1-12-16(20-17(25-12)13-5-3-2-4-6-13)18(24)26-15-9-7-14(8-10-15)23-11-19-21-22-23/h2-11H,1H3. The van der Waals surface area contributed by atoms with Gasteiger partial charge in [0.1, 0.15) is 17.8 Å². The Morgan fingerprint density at radius 1 is 1.08 bits per heavy atom. The Kier molecular flexibility index (Phi) is 3.98. The fourth-order valence-corrected chi connectivity index (χ4v) is 2.39. The van der Waals surface area contributed by atoms with Gasteiger partial charge in [0.05, 0.1) is 5.69 Å². The van der Waals surface area contributed by atoms with Crippen molar-refractivity contribution in [3.05, 3.63) is 72.4 Å². The lowest BCUT2D eigenvalue weighted by Gasteiger charge is -2.04. The van der Waals surface area contributed by atoms with Crippen LogP contribution in [-0.4, -0.2) is 31.2 Å². The van der Waals surface area contributed by atoms with E-state index in [0.29, 0.717) is 17.4 Å². The SMILES string of the molecule is Cc1oc(-c2ccccc2)nc1C(=O)Oc1ccc(-n2cnnn2)cc1. The van der Waals surface area contributed by atoms with Crippen molar-refractivity contribution in [1.29, 1.82) is 0 Å². The minimum absolute atomic E-state index is 0.147. The number of hydrogen-bond donors (Lipinski definition) is 0. The molecule has 128 valence electrons. The average molecular weight is 347 g/mol. The van der Waals surface area contributed by atoms with Crippen molar-refractivity contribution < 1.29 is 13.9 Å². The quantitative estimate of drug-likeness (QED) is 0.414. The van der Waals surface area contributed by atoms with Crippen molar-refractivity contribution in [1.82, 2.24) is 25.2 Å². The van der Waals surface area contributed by atoms with Gasteiger partial charge in [-0.15, -0.1) is 5.10 Å². The first-order chi connectivity index (χ1) is 12.7. The third-order valence-electron chi connectivity index (χ3n) is 3.67. The average Bonchev–Trinajstić information content (AvgIpc) is 3.33. The van der Waals surface area contributed by atoms with Gasteiger partial charge in [-0.3, -0.25) is 0 Å². The summed E-state index contributed by atoms with van der Waals surface area (Å²) in [6.07, 6.45) is 1.48. The lowest BCUT2D eigenvalue weighted by molar-refractivity contribution is 0.0727. The van der Waals surface area contributed by atoms with Crippen LogP contribution in [0, 0.1) is 6.92 Å². The molecule has 0 fully saturated rings. The van der Waals surface area contributed by atoms with Gasteiger partial charge in [0.2, 0.25) is 5.89 Å². The molecule has 0 amide bonds. The first-order valence-corrected chi connectivity index (χ1v) is 7.79. The van der Waals surface area contributed by atoms with Crippen LogP contribution >= 0.6 is 0 Å². The van der Waals surface area contributed by atoms with E-state index >= 15 is 0 Å². The predicted molar refractivity (Wildman–Crippen MR) is 90.8 cm³/mol. The number of carbonyl (C=O) groups is 1. The molecule has 0 aliphatic rings. The largest absolute Gasteiger partial charge is 0.441 e. The van der Waals surface area contributed by atoms with E-state index in [-0.39, 0.29) is 5.69 Å². The molecule has 0 aliphatic carbocycles. The fourth-order valence-electron chi connectivity index (χ4n) is 2.39. The fraction of sp³-hybridized carbons (Fsp3) is 0.0556. The maximum atomic E-state index is 12.4. The Morgan fingerprint density at radius 2 is 1.85 bits per heavy atom. The number of ether oxygens (including phenoxy) is 1. The van der Waals surface area contributed by atoms with E-state index in [0.717, 1.165) is 11.3 Å². The van der Waals surface area contributed by atoms with Crippen LogP contribution in [-0.2, 0) is 0 Å². The monoisotopic (exact) mass is 347 g/mol. The molecule has 4 aromatic rings. The maximum Gasteiger partial charge on any atom is 0.366 e. The van der Waals surface area contributed by atoms with Crippen LogP contribution in [0.5, 0.6) is 5.75 Å². The molecule has 0 aliphatic heterocycles. The lowest BCUT2D eigenvalue weighted by Crippen LogP contribution is -2.10. The molecular formula is C18H13N5O3. The maximum absolute atomic E-state index is 12.4. The van der Waals surface area contributed by atoms with E-state index in [1.165, 1.54) is 11.0 Å². The molecule has 2 aromatic carbocycles. The van der Waals surface area contributed by atoms with E-state index in [1.54, 1.807) is 31.2 Å². The summed E-state index contributed by atoms with van der Waals surface area (Å²) in [5.74, 6) is 0.585. The highest BCUT2D eigenvalue weighted by atomic mass is 16.5. The van der Waals surface area contributed by atoms with Gasteiger partial charge in [-0.2, -0.15) is 0 Å². The molecule has 0 spiro atoms. The van der Waals surface area contributed by atoms with Crippen molar-refractivity contribution in [3.8, 4) is 22.9 Å². The number of tetrazole rings is 1. The summed E-state index contributed by atoms with van der Waals surface area (Å²) in [6.45, 7) is 1.68. The molecule has 2 aromatic heterocycles. The number of rotatable bonds is 4. The van der Waals surface area contributed by atoms with E-state index in [4.69, 9.17) is 9.15 Å². The Balaban J connectivity index is 1.52. The van der Waals surface area contributed by atoms with E-state index in [1.807, 2.05) is 30.3 Å². The number of nitrogens with zero attached hydrogens (tertiary/aromatic N) is 5. The number of hydrogen-bond acceptors (Lipinski definition) is 7. The minimum atomic E-state index is -0.580. The van der Waals surface area contributed by atoms with E-state index in [2.05, 4.69) is 20.5 Å².